The van der Waals surface area contributed by atoms with E-state index in [9.17, 15) is 18.0 Å². The molecule has 0 fully saturated rings. The summed E-state index contributed by atoms with van der Waals surface area (Å²) in [5.74, 6) is -0.249. The number of nitrogens with zero attached hydrogens (tertiary/aromatic N) is 2. The molecule has 7 nitrogen and oxygen atoms in total. The molecule has 4 aromatic rings. The number of amides is 1. The second kappa shape index (κ2) is 7.80. The number of carbonyl (C=O) groups excluding carboxylic acids is 1. The molecule has 4 heterocycles. The van der Waals surface area contributed by atoms with Gasteiger partial charge in [-0.1, -0.05) is 12.1 Å². The topological polar surface area (TPSA) is 89.1 Å². The first-order valence-electron chi connectivity index (χ1n) is 10.0. The number of benzene rings is 1. The van der Waals surface area contributed by atoms with Crippen LogP contribution >= 0.6 is 0 Å². The molecule has 0 radical (unpaired) electrons. The van der Waals surface area contributed by atoms with E-state index in [1.807, 2.05) is 0 Å². The number of hydrogen-bond donors (Lipinski definition) is 2. The minimum atomic E-state index is -4.80. The maximum Gasteiger partial charge on any atom is 0.573 e. The molecule has 1 aliphatic rings. The largest absolute Gasteiger partial charge is 0.573 e. The zero-order chi connectivity index (χ0) is 23.1. The number of aromatic amines is 1. The smallest absolute Gasteiger partial charge is 0.491 e. The number of ether oxygens (including phenoxy) is 2. The van der Waals surface area contributed by atoms with Crippen LogP contribution < -0.4 is 14.8 Å². The lowest BCUT2D eigenvalue weighted by atomic mass is 9.81. The summed E-state index contributed by atoms with van der Waals surface area (Å²) in [6.07, 6.45) is 0.314. The van der Waals surface area contributed by atoms with Crippen LogP contribution in [0, 0.1) is 0 Å². The van der Waals surface area contributed by atoms with Crippen LogP contribution in [-0.2, 0) is 5.54 Å². The van der Waals surface area contributed by atoms with Gasteiger partial charge in [-0.25, -0.2) is 4.98 Å². The van der Waals surface area contributed by atoms with Gasteiger partial charge in [0.1, 0.15) is 28.4 Å². The fraction of sp³-hybridized carbons (Fsp3) is 0.174. The van der Waals surface area contributed by atoms with E-state index < -0.39 is 11.9 Å². The number of pyridine rings is 2. The SMILES string of the molecule is O=C(N[C@]1(c2ccc(OC(F)(F)F)cc2)CCOc2cccnc21)c1ccnc2[nH]ccc12. The van der Waals surface area contributed by atoms with Gasteiger partial charge in [0.05, 0.1) is 12.2 Å². The van der Waals surface area contributed by atoms with Gasteiger partial charge in [-0.05, 0) is 42.0 Å². The van der Waals surface area contributed by atoms with E-state index in [4.69, 9.17) is 4.74 Å². The quantitative estimate of drug-likeness (QED) is 0.480. The van der Waals surface area contributed by atoms with E-state index in [0.717, 1.165) is 0 Å². The maximum absolute atomic E-state index is 13.5. The van der Waals surface area contributed by atoms with Gasteiger partial charge >= 0.3 is 6.36 Å². The lowest BCUT2D eigenvalue weighted by molar-refractivity contribution is -0.274. The van der Waals surface area contributed by atoms with Gasteiger partial charge in [0.25, 0.3) is 5.91 Å². The second-order valence-electron chi connectivity index (χ2n) is 7.48. The Kier molecular flexibility index (Phi) is 4.92. The molecule has 0 saturated carbocycles. The molecule has 5 rings (SSSR count). The summed E-state index contributed by atoms with van der Waals surface area (Å²) in [5.41, 5.74) is 0.855. The van der Waals surface area contributed by atoms with Crippen LogP contribution in [0.3, 0.4) is 0 Å². The first-order valence-corrected chi connectivity index (χ1v) is 10.0. The Morgan fingerprint density at radius 3 is 2.70 bits per heavy atom. The molecule has 2 N–H and O–H groups in total. The summed E-state index contributed by atoms with van der Waals surface area (Å²) in [7, 11) is 0. The Labute approximate surface area is 185 Å². The van der Waals surface area contributed by atoms with Crippen molar-refractivity contribution < 1.29 is 27.4 Å². The average molecular weight is 454 g/mol. The van der Waals surface area contributed by atoms with Gasteiger partial charge in [0.15, 0.2) is 0 Å². The monoisotopic (exact) mass is 454 g/mol. The molecule has 0 unspecified atom stereocenters. The standard InChI is InChI=1S/C23H17F3N4O3/c24-23(25,26)33-15-5-3-14(4-6-15)22(9-13-32-18-2-1-10-27-19(18)22)30-21(31)17-8-12-29-20-16(17)7-11-28-20/h1-8,10-12H,9,13H2,(H,28,29)(H,30,31)/t22-/m0/s1. The molecule has 1 amide bonds. The van der Waals surface area contributed by atoms with E-state index in [1.54, 1.807) is 36.7 Å². The van der Waals surface area contributed by atoms with Gasteiger partial charge in [0, 0.05) is 30.4 Å². The molecule has 33 heavy (non-hydrogen) atoms. The molecule has 1 aliphatic heterocycles. The predicted octanol–water partition coefficient (Wildman–Crippen LogP) is 4.31. The highest BCUT2D eigenvalue weighted by Gasteiger charge is 2.43. The second-order valence-corrected chi connectivity index (χ2v) is 7.48. The zero-order valence-electron chi connectivity index (χ0n) is 17.0. The van der Waals surface area contributed by atoms with Crippen LogP contribution in [0.2, 0.25) is 0 Å². The number of aromatic nitrogens is 3. The van der Waals surface area contributed by atoms with Crippen LogP contribution in [0.1, 0.15) is 28.0 Å². The number of rotatable bonds is 4. The molecule has 1 atom stereocenters. The van der Waals surface area contributed by atoms with Crippen molar-refractivity contribution in [3.63, 3.8) is 0 Å². The van der Waals surface area contributed by atoms with Crippen LogP contribution in [0.15, 0.2) is 67.1 Å². The number of fused-ring (bicyclic) bond motifs is 2. The first kappa shape index (κ1) is 20.8. The normalized spacial score (nSPS) is 17.8. The highest BCUT2D eigenvalue weighted by atomic mass is 19.4. The third-order valence-electron chi connectivity index (χ3n) is 5.52. The molecule has 1 aromatic carbocycles. The summed E-state index contributed by atoms with van der Waals surface area (Å²) in [4.78, 5) is 25.1. The van der Waals surface area contributed by atoms with Crippen LogP contribution in [-0.4, -0.2) is 33.8 Å². The minimum Gasteiger partial charge on any atom is -0.491 e. The molecular weight excluding hydrogens is 437 g/mol. The maximum atomic E-state index is 13.5. The van der Waals surface area contributed by atoms with Crippen LogP contribution in [0.25, 0.3) is 11.0 Å². The van der Waals surface area contributed by atoms with Crippen molar-refractivity contribution >= 4 is 16.9 Å². The van der Waals surface area contributed by atoms with Gasteiger partial charge in [-0.3, -0.25) is 9.78 Å². The highest BCUT2D eigenvalue weighted by Crippen LogP contribution is 2.41. The van der Waals surface area contributed by atoms with E-state index >= 15 is 0 Å². The van der Waals surface area contributed by atoms with Crippen molar-refractivity contribution in [2.45, 2.75) is 18.3 Å². The molecule has 0 spiro atoms. The summed E-state index contributed by atoms with van der Waals surface area (Å²) >= 11 is 0. The van der Waals surface area contributed by atoms with Gasteiger partial charge in [0.2, 0.25) is 0 Å². The van der Waals surface area contributed by atoms with E-state index in [2.05, 4.69) is 25.0 Å². The minimum absolute atomic E-state index is 0.273. The Balaban J connectivity index is 1.59. The highest BCUT2D eigenvalue weighted by molar-refractivity contribution is 6.06. The van der Waals surface area contributed by atoms with Crippen LogP contribution in [0.4, 0.5) is 13.2 Å². The third kappa shape index (κ3) is 3.84. The molecular formula is C23H17F3N4O3. The molecule has 0 bridgehead atoms. The Bertz CT molecular complexity index is 1320. The van der Waals surface area contributed by atoms with E-state index in [0.29, 0.717) is 40.0 Å². The van der Waals surface area contributed by atoms with Gasteiger partial charge in [-0.15, -0.1) is 13.2 Å². The third-order valence-corrected chi connectivity index (χ3v) is 5.52. The molecule has 10 heteroatoms. The number of carbonyl (C=O) groups is 1. The lowest BCUT2D eigenvalue weighted by Gasteiger charge is -2.39. The molecule has 0 saturated heterocycles. The summed E-state index contributed by atoms with van der Waals surface area (Å²) in [6, 6.07) is 12.2. The summed E-state index contributed by atoms with van der Waals surface area (Å²) in [6.45, 7) is 0.273. The number of hydrogen-bond acceptors (Lipinski definition) is 5. The molecule has 3 aromatic heterocycles. The Morgan fingerprint density at radius 1 is 1.09 bits per heavy atom. The molecule has 168 valence electrons. The number of alkyl halides is 3. The lowest BCUT2D eigenvalue weighted by Crippen LogP contribution is -2.50. The van der Waals surface area contributed by atoms with E-state index in [1.165, 1.54) is 30.5 Å². The fourth-order valence-corrected chi connectivity index (χ4v) is 4.10. The van der Waals surface area contributed by atoms with Crippen molar-refractivity contribution in [3.8, 4) is 11.5 Å². The Morgan fingerprint density at radius 2 is 1.91 bits per heavy atom. The number of nitrogens with one attached hydrogen (secondary N) is 2. The first-order chi connectivity index (χ1) is 15.9. The fourth-order valence-electron chi connectivity index (χ4n) is 4.10. The van der Waals surface area contributed by atoms with Crippen molar-refractivity contribution in [1.29, 1.82) is 0 Å². The number of H-pyrrole nitrogens is 1. The van der Waals surface area contributed by atoms with Crippen molar-refractivity contribution in [2.24, 2.45) is 0 Å². The average Bonchev–Trinajstić information content (AvgIpc) is 3.28. The van der Waals surface area contributed by atoms with Crippen molar-refractivity contribution in [3.05, 3.63) is 83.9 Å². The summed E-state index contributed by atoms with van der Waals surface area (Å²) in [5, 5.41) is 3.73. The Hall–Kier alpha value is -4.08. The van der Waals surface area contributed by atoms with Crippen molar-refractivity contribution in [2.75, 3.05) is 6.61 Å². The van der Waals surface area contributed by atoms with Crippen molar-refractivity contribution in [1.82, 2.24) is 20.3 Å². The summed E-state index contributed by atoms with van der Waals surface area (Å²) < 4.78 is 47.6. The zero-order valence-corrected chi connectivity index (χ0v) is 17.0. The predicted molar refractivity (Wildman–Crippen MR) is 112 cm³/mol. The number of halogens is 3. The van der Waals surface area contributed by atoms with E-state index in [-0.39, 0.29) is 18.3 Å². The van der Waals surface area contributed by atoms with Gasteiger partial charge in [-0.2, -0.15) is 0 Å². The van der Waals surface area contributed by atoms with Crippen LogP contribution in [0.5, 0.6) is 11.5 Å². The molecule has 0 aliphatic carbocycles. The van der Waals surface area contributed by atoms with Gasteiger partial charge < -0.3 is 19.8 Å².